The van der Waals surface area contributed by atoms with Crippen LogP contribution >= 0.6 is 0 Å². The summed E-state index contributed by atoms with van der Waals surface area (Å²) < 4.78 is 0. The Kier molecular flexibility index (Phi) is 4.98. The maximum atomic E-state index is 9.96. The second-order valence-electron chi connectivity index (χ2n) is 4.82. The highest BCUT2D eigenvalue weighted by atomic mass is 16.3. The fourth-order valence-electron chi connectivity index (χ4n) is 2.07. The van der Waals surface area contributed by atoms with Crippen molar-refractivity contribution in [3.63, 3.8) is 0 Å². The van der Waals surface area contributed by atoms with E-state index in [2.05, 4.69) is 0 Å². The van der Waals surface area contributed by atoms with Crippen LogP contribution in [0.4, 0.5) is 0 Å². The van der Waals surface area contributed by atoms with E-state index < -0.39 is 6.10 Å². The van der Waals surface area contributed by atoms with Gasteiger partial charge in [-0.25, -0.2) is 0 Å². The first-order valence-corrected chi connectivity index (χ1v) is 6.65. The predicted octanol–water partition coefficient (Wildman–Crippen LogP) is 2.25. The lowest BCUT2D eigenvalue weighted by Gasteiger charge is -2.18. The number of benzene rings is 2. The molecule has 0 aliphatic carbocycles. The molecule has 0 aromatic heterocycles. The maximum Gasteiger partial charge on any atom is 0.115 e. The summed E-state index contributed by atoms with van der Waals surface area (Å²) in [7, 11) is 0. The minimum absolute atomic E-state index is 0.151. The third-order valence-corrected chi connectivity index (χ3v) is 3.27. The van der Waals surface area contributed by atoms with E-state index in [-0.39, 0.29) is 24.0 Å². The van der Waals surface area contributed by atoms with E-state index in [0.717, 1.165) is 11.1 Å². The van der Waals surface area contributed by atoms with Crippen LogP contribution in [0.5, 0.6) is 11.5 Å². The van der Waals surface area contributed by atoms with Crippen molar-refractivity contribution in [3.8, 4) is 11.5 Å². The molecule has 2 atom stereocenters. The van der Waals surface area contributed by atoms with Crippen molar-refractivity contribution in [2.45, 2.75) is 12.0 Å². The van der Waals surface area contributed by atoms with E-state index in [4.69, 9.17) is 0 Å². The Balaban J connectivity index is 2.24. The van der Waals surface area contributed by atoms with Crippen molar-refractivity contribution in [2.24, 2.45) is 0 Å². The second kappa shape index (κ2) is 6.92. The van der Waals surface area contributed by atoms with Crippen LogP contribution in [0, 0.1) is 0 Å². The van der Waals surface area contributed by atoms with Gasteiger partial charge in [0, 0.05) is 5.92 Å². The molecular weight excluding hydrogens is 268 g/mol. The number of aliphatic hydroxyl groups excluding tert-OH is 2. The number of hydrogen-bond acceptors (Lipinski definition) is 4. The van der Waals surface area contributed by atoms with Crippen LogP contribution in [0.3, 0.4) is 0 Å². The van der Waals surface area contributed by atoms with Crippen LogP contribution in [-0.4, -0.2) is 33.1 Å². The maximum absolute atomic E-state index is 9.96. The molecular formula is C17H18O4. The van der Waals surface area contributed by atoms with Crippen LogP contribution in [-0.2, 0) is 0 Å². The lowest BCUT2D eigenvalue weighted by atomic mass is 9.92. The molecule has 0 aliphatic heterocycles. The third kappa shape index (κ3) is 4.08. The SMILES string of the molecule is OC[C@H](O)[C@H](C=Cc1ccc(O)cc1)c1ccc(O)cc1. The van der Waals surface area contributed by atoms with Gasteiger partial charge in [-0.1, -0.05) is 36.4 Å². The van der Waals surface area contributed by atoms with Crippen molar-refractivity contribution in [1.29, 1.82) is 0 Å². The van der Waals surface area contributed by atoms with Gasteiger partial charge < -0.3 is 20.4 Å². The van der Waals surface area contributed by atoms with Crippen molar-refractivity contribution in [2.75, 3.05) is 6.61 Å². The molecule has 0 aliphatic rings. The molecule has 4 N–H and O–H groups in total. The first-order valence-electron chi connectivity index (χ1n) is 6.65. The number of phenolic OH excluding ortho intramolecular Hbond substituents is 2. The molecule has 0 bridgehead atoms. The minimum Gasteiger partial charge on any atom is -0.508 e. The van der Waals surface area contributed by atoms with Gasteiger partial charge in [0.15, 0.2) is 0 Å². The number of aliphatic hydroxyl groups is 2. The number of aromatic hydroxyl groups is 2. The molecule has 2 aromatic carbocycles. The van der Waals surface area contributed by atoms with Gasteiger partial charge in [0.2, 0.25) is 0 Å². The van der Waals surface area contributed by atoms with Gasteiger partial charge in [-0.3, -0.25) is 0 Å². The van der Waals surface area contributed by atoms with E-state index >= 15 is 0 Å². The molecule has 0 saturated carbocycles. The Bertz CT molecular complexity index is 587. The molecule has 0 heterocycles. The van der Waals surface area contributed by atoms with Crippen LogP contribution in [0.15, 0.2) is 54.6 Å². The highest BCUT2D eigenvalue weighted by Crippen LogP contribution is 2.25. The highest BCUT2D eigenvalue weighted by molar-refractivity contribution is 5.52. The van der Waals surface area contributed by atoms with Crippen molar-refractivity contribution in [1.82, 2.24) is 0 Å². The molecule has 0 amide bonds. The van der Waals surface area contributed by atoms with Crippen LogP contribution in [0.2, 0.25) is 0 Å². The molecule has 4 heteroatoms. The molecule has 4 nitrogen and oxygen atoms in total. The third-order valence-electron chi connectivity index (χ3n) is 3.27. The molecule has 0 unspecified atom stereocenters. The summed E-state index contributed by atoms with van der Waals surface area (Å²) in [5.74, 6) is -0.0412. The van der Waals surface area contributed by atoms with E-state index in [1.807, 2.05) is 6.08 Å². The molecule has 0 fully saturated rings. The number of rotatable bonds is 5. The molecule has 0 spiro atoms. The van der Waals surface area contributed by atoms with Crippen LogP contribution in [0.25, 0.3) is 6.08 Å². The van der Waals surface area contributed by atoms with E-state index in [1.54, 1.807) is 54.6 Å². The van der Waals surface area contributed by atoms with Gasteiger partial charge >= 0.3 is 0 Å². The normalized spacial score (nSPS) is 14.2. The standard InChI is InChI=1S/C17H18O4/c18-11-17(21)16(13-4-8-15(20)9-5-13)10-3-12-1-6-14(19)7-2-12/h1-10,16-21H,11H2/t16-,17+/m1/s1. The summed E-state index contributed by atoms with van der Waals surface area (Å²) in [6, 6.07) is 13.2. The highest BCUT2D eigenvalue weighted by Gasteiger charge is 2.17. The van der Waals surface area contributed by atoms with Crippen molar-refractivity contribution >= 4 is 6.08 Å². The molecule has 0 radical (unpaired) electrons. The Morgan fingerprint density at radius 1 is 0.857 bits per heavy atom. The molecule has 2 rings (SSSR count). The first kappa shape index (κ1) is 15.1. The molecule has 0 saturated heterocycles. The largest absolute Gasteiger partial charge is 0.508 e. The lowest BCUT2D eigenvalue weighted by Crippen LogP contribution is -2.20. The van der Waals surface area contributed by atoms with Crippen molar-refractivity contribution < 1.29 is 20.4 Å². The molecule has 110 valence electrons. The van der Waals surface area contributed by atoms with E-state index in [0.29, 0.717) is 0 Å². The van der Waals surface area contributed by atoms with E-state index in [9.17, 15) is 20.4 Å². The quantitative estimate of drug-likeness (QED) is 0.679. The average Bonchev–Trinajstić information content (AvgIpc) is 2.50. The average molecular weight is 286 g/mol. The topological polar surface area (TPSA) is 80.9 Å². The summed E-state index contributed by atoms with van der Waals surface area (Å²) >= 11 is 0. The summed E-state index contributed by atoms with van der Waals surface area (Å²) in [5.41, 5.74) is 1.67. The lowest BCUT2D eigenvalue weighted by molar-refractivity contribution is 0.0842. The number of phenols is 2. The smallest absolute Gasteiger partial charge is 0.115 e. The van der Waals surface area contributed by atoms with E-state index in [1.165, 1.54) is 0 Å². The summed E-state index contributed by atoms with van der Waals surface area (Å²) in [5, 5.41) is 37.7. The van der Waals surface area contributed by atoms with Gasteiger partial charge in [-0.2, -0.15) is 0 Å². The predicted molar refractivity (Wildman–Crippen MR) is 81.1 cm³/mol. The van der Waals surface area contributed by atoms with Crippen molar-refractivity contribution in [3.05, 3.63) is 65.7 Å². The summed E-state index contributed by atoms with van der Waals surface area (Å²) in [6.45, 7) is -0.356. The Morgan fingerprint density at radius 2 is 1.38 bits per heavy atom. The minimum atomic E-state index is -0.928. The zero-order chi connectivity index (χ0) is 15.2. The van der Waals surface area contributed by atoms with Crippen LogP contribution in [0.1, 0.15) is 17.0 Å². The van der Waals surface area contributed by atoms with Gasteiger partial charge in [-0.15, -0.1) is 0 Å². The fourth-order valence-corrected chi connectivity index (χ4v) is 2.07. The molecule has 21 heavy (non-hydrogen) atoms. The Labute approximate surface area is 123 Å². The van der Waals surface area contributed by atoms with Gasteiger partial charge in [0.05, 0.1) is 12.7 Å². The second-order valence-corrected chi connectivity index (χ2v) is 4.82. The molecule has 2 aromatic rings. The van der Waals surface area contributed by atoms with Crippen LogP contribution < -0.4 is 0 Å². The van der Waals surface area contributed by atoms with Gasteiger partial charge in [-0.05, 0) is 35.4 Å². The van der Waals surface area contributed by atoms with Gasteiger partial charge in [0.25, 0.3) is 0 Å². The zero-order valence-electron chi connectivity index (χ0n) is 11.4. The summed E-state index contributed by atoms with van der Waals surface area (Å²) in [6.07, 6.45) is 2.68. The zero-order valence-corrected chi connectivity index (χ0v) is 11.4. The summed E-state index contributed by atoms with van der Waals surface area (Å²) in [4.78, 5) is 0. The Morgan fingerprint density at radius 3 is 1.90 bits per heavy atom. The first-order chi connectivity index (χ1) is 10.1. The number of hydrogen-bond donors (Lipinski definition) is 4. The monoisotopic (exact) mass is 286 g/mol. The Hall–Kier alpha value is -2.30. The fraction of sp³-hybridized carbons (Fsp3) is 0.176. The van der Waals surface area contributed by atoms with Gasteiger partial charge in [0.1, 0.15) is 11.5 Å².